The van der Waals surface area contributed by atoms with Crippen molar-refractivity contribution in [3.63, 3.8) is 0 Å². The highest BCUT2D eigenvalue weighted by Gasteiger charge is 2.29. The molecule has 1 aromatic heterocycles. The Morgan fingerprint density at radius 1 is 1.30 bits per heavy atom. The lowest BCUT2D eigenvalue weighted by Gasteiger charge is -2.23. The molecule has 0 spiro atoms. The molecule has 0 aliphatic carbocycles. The highest BCUT2D eigenvalue weighted by molar-refractivity contribution is 7.89. The molecule has 0 bridgehead atoms. The van der Waals surface area contributed by atoms with Crippen molar-refractivity contribution in [2.24, 2.45) is 0 Å². The van der Waals surface area contributed by atoms with Crippen molar-refractivity contribution >= 4 is 33.5 Å². The summed E-state index contributed by atoms with van der Waals surface area (Å²) < 4.78 is 33.8. The van der Waals surface area contributed by atoms with Gasteiger partial charge in [0.1, 0.15) is 17.5 Å². The minimum absolute atomic E-state index is 0.108. The van der Waals surface area contributed by atoms with Gasteiger partial charge in [0, 0.05) is 25.5 Å². The van der Waals surface area contributed by atoms with E-state index in [1.807, 2.05) is 6.07 Å². The standard InChI is InChI=1S/C21H30N6O5S/c1-2-32-18(28)14-26-20(29)16(8-5-11-23-21-24-12-13-25-21)27-33(30,31)17-9-3-6-15-7-4-10-22-19(15)17/h3,6,9,12-13,16,22,27H,2,4-5,7-8,10-11,14H2,1H3,(H,26,29)(H2,23,24,25)/t16-/m0/s1. The molecule has 1 aliphatic rings. The van der Waals surface area contributed by atoms with E-state index in [-0.39, 0.29) is 24.5 Å². The molecule has 1 aliphatic heterocycles. The van der Waals surface area contributed by atoms with Gasteiger partial charge in [-0.3, -0.25) is 9.59 Å². The Morgan fingerprint density at radius 2 is 2.15 bits per heavy atom. The first kappa shape index (κ1) is 24.5. The molecule has 0 unspecified atom stereocenters. The van der Waals surface area contributed by atoms with Gasteiger partial charge in [-0.2, -0.15) is 4.72 Å². The Kier molecular flexibility index (Phi) is 8.66. The van der Waals surface area contributed by atoms with Gasteiger partial charge >= 0.3 is 5.97 Å². The van der Waals surface area contributed by atoms with Gasteiger partial charge in [0.15, 0.2) is 5.95 Å². The third-order valence-corrected chi connectivity index (χ3v) is 6.63. The topological polar surface area (TPSA) is 154 Å². The summed E-state index contributed by atoms with van der Waals surface area (Å²) in [5, 5.41) is 8.69. The number of hydrogen-bond acceptors (Lipinski definition) is 8. The van der Waals surface area contributed by atoms with Crippen LogP contribution in [0.25, 0.3) is 0 Å². The van der Waals surface area contributed by atoms with Gasteiger partial charge in [-0.15, -0.1) is 0 Å². The number of fused-ring (bicyclic) bond motifs is 1. The van der Waals surface area contributed by atoms with E-state index in [0.717, 1.165) is 18.4 Å². The number of aromatic nitrogens is 2. The molecule has 180 valence electrons. The minimum Gasteiger partial charge on any atom is -0.465 e. The van der Waals surface area contributed by atoms with Crippen LogP contribution in [-0.4, -0.2) is 62.5 Å². The zero-order valence-electron chi connectivity index (χ0n) is 18.5. The van der Waals surface area contributed by atoms with Crippen molar-refractivity contribution in [1.82, 2.24) is 20.0 Å². The second-order valence-corrected chi connectivity index (χ2v) is 9.21. The lowest BCUT2D eigenvalue weighted by Crippen LogP contribution is -2.48. The summed E-state index contributed by atoms with van der Waals surface area (Å²) in [5.74, 6) is -0.600. The van der Waals surface area contributed by atoms with E-state index in [1.165, 1.54) is 6.07 Å². The monoisotopic (exact) mass is 478 g/mol. The SMILES string of the molecule is CCOC(=O)CNC(=O)[C@H](CCCNc1ncc[nH]1)NS(=O)(=O)c1cccc2c1NCCC2. The van der Waals surface area contributed by atoms with Crippen molar-refractivity contribution in [2.45, 2.75) is 43.5 Å². The normalized spacial score (nSPS) is 14.0. The molecule has 33 heavy (non-hydrogen) atoms. The van der Waals surface area contributed by atoms with E-state index in [2.05, 4.69) is 30.6 Å². The number of benzene rings is 1. The van der Waals surface area contributed by atoms with Crippen LogP contribution < -0.4 is 20.7 Å². The summed E-state index contributed by atoms with van der Waals surface area (Å²) in [4.78, 5) is 31.5. The number of rotatable bonds is 12. The number of esters is 1. The number of H-pyrrole nitrogens is 1. The van der Waals surface area contributed by atoms with Gasteiger partial charge < -0.3 is 25.7 Å². The number of aryl methyl sites for hydroxylation is 1. The van der Waals surface area contributed by atoms with E-state index in [0.29, 0.717) is 31.1 Å². The number of hydrogen-bond donors (Lipinski definition) is 5. The molecular weight excluding hydrogens is 448 g/mol. The zero-order chi connectivity index (χ0) is 23.7. The van der Waals surface area contributed by atoms with E-state index in [9.17, 15) is 18.0 Å². The molecular formula is C21H30N6O5S. The first-order valence-electron chi connectivity index (χ1n) is 11.0. The summed E-state index contributed by atoms with van der Waals surface area (Å²) in [6.45, 7) is 2.67. The smallest absolute Gasteiger partial charge is 0.325 e. The largest absolute Gasteiger partial charge is 0.465 e. The van der Waals surface area contributed by atoms with Crippen LogP contribution in [0.1, 0.15) is 31.7 Å². The first-order valence-corrected chi connectivity index (χ1v) is 12.4. The molecule has 12 heteroatoms. The van der Waals surface area contributed by atoms with Gasteiger partial charge in [0.25, 0.3) is 0 Å². The average Bonchev–Trinajstić information content (AvgIpc) is 3.33. The van der Waals surface area contributed by atoms with Crippen LogP contribution in [-0.2, 0) is 30.8 Å². The highest BCUT2D eigenvalue weighted by Crippen LogP contribution is 2.29. The molecule has 0 radical (unpaired) electrons. The number of aromatic amines is 1. The maximum Gasteiger partial charge on any atom is 0.325 e. The Labute approximate surface area is 193 Å². The van der Waals surface area contributed by atoms with E-state index in [4.69, 9.17) is 4.74 Å². The van der Waals surface area contributed by atoms with Crippen LogP contribution in [0.5, 0.6) is 0 Å². The molecule has 1 atom stereocenters. The second-order valence-electron chi connectivity index (χ2n) is 7.52. The minimum atomic E-state index is -4.00. The fourth-order valence-corrected chi connectivity index (χ4v) is 5.02. The third kappa shape index (κ3) is 6.93. The number of sulfonamides is 1. The van der Waals surface area contributed by atoms with Crippen molar-refractivity contribution < 1.29 is 22.7 Å². The van der Waals surface area contributed by atoms with Crippen LogP contribution in [0.15, 0.2) is 35.5 Å². The molecule has 0 saturated heterocycles. The number of anilines is 2. The Bertz CT molecular complexity index is 1040. The predicted molar refractivity (Wildman–Crippen MR) is 123 cm³/mol. The quantitative estimate of drug-likeness (QED) is 0.223. The molecule has 3 rings (SSSR count). The lowest BCUT2D eigenvalue weighted by atomic mass is 10.0. The molecule has 0 saturated carbocycles. The summed E-state index contributed by atoms with van der Waals surface area (Å²) in [6.07, 6.45) is 5.68. The Morgan fingerprint density at radius 3 is 2.91 bits per heavy atom. The fourth-order valence-electron chi connectivity index (χ4n) is 3.57. The van der Waals surface area contributed by atoms with E-state index in [1.54, 1.807) is 25.4 Å². The number of ether oxygens (including phenoxy) is 1. The van der Waals surface area contributed by atoms with Crippen LogP contribution in [0.3, 0.4) is 0 Å². The van der Waals surface area contributed by atoms with Crippen molar-refractivity contribution in [3.8, 4) is 0 Å². The highest BCUT2D eigenvalue weighted by atomic mass is 32.2. The second kappa shape index (κ2) is 11.7. The predicted octanol–water partition coefficient (Wildman–Crippen LogP) is 0.986. The maximum atomic E-state index is 13.2. The fraction of sp³-hybridized carbons (Fsp3) is 0.476. The molecule has 5 N–H and O–H groups in total. The number of amides is 1. The molecule has 2 heterocycles. The van der Waals surface area contributed by atoms with Crippen LogP contribution in [0.2, 0.25) is 0 Å². The third-order valence-electron chi connectivity index (χ3n) is 5.11. The average molecular weight is 479 g/mol. The number of carbonyl (C=O) groups is 2. The number of nitrogens with one attached hydrogen (secondary N) is 5. The van der Waals surface area contributed by atoms with Crippen molar-refractivity contribution in [2.75, 3.05) is 36.9 Å². The first-order chi connectivity index (χ1) is 15.9. The van der Waals surface area contributed by atoms with Crippen LogP contribution in [0.4, 0.5) is 11.6 Å². The molecule has 1 aromatic carbocycles. The number of para-hydroxylation sites is 1. The van der Waals surface area contributed by atoms with Gasteiger partial charge in [-0.05, 0) is 44.2 Å². The lowest BCUT2D eigenvalue weighted by molar-refractivity contribution is -0.143. The Hall–Kier alpha value is -3.12. The molecule has 11 nitrogen and oxygen atoms in total. The summed E-state index contributed by atoms with van der Waals surface area (Å²) in [7, 11) is -4.00. The van der Waals surface area contributed by atoms with E-state index >= 15 is 0 Å². The van der Waals surface area contributed by atoms with Gasteiger partial charge in [0.2, 0.25) is 15.9 Å². The Balaban J connectivity index is 1.70. The summed E-state index contributed by atoms with van der Waals surface area (Å²) in [6, 6.07) is 4.04. The number of carbonyl (C=O) groups excluding carboxylic acids is 2. The number of imidazole rings is 1. The maximum absolute atomic E-state index is 13.2. The summed E-state index contributed by atoms with van der Waals surface area (Å²) >= 11 is 0. The van der Waals surface area contributed by atoms with Gasteiger partial charge in [0.05, 0.1) is 12.3 Å². The van der Waals surface area contributed by atoms with Crippen LogP contribution in [0, 0.1) is 0 Å². The van der Waals surface area contributed by atoms with Gasteiger partial charge in [-0.1, -0.05) is 12.1 Å². The van der Waals surface area contributed by atoms with Crippen LogP contribution >= 0.6 is 0 Å². The van der Waals surface area contributed by atoms with E-state index < -0.39 is 27.9 Å². The van der Waals surface area contributed by atoms with Gasteiger partial charge in [-0.25, -0.2) is 13.4 Å². The molecule has 1 amide bonds. The molecule has 0 fully saturated rings. The summed E-state index contributed by atoms with van der Waals surface area (Å²) in [5.41, 5.74) is 1.50. The van der Waals surface area contributed by atoms with Crippen molar-refractivity contribution in [3.05, 3.63) is 36.2 Å². The number of nitrogens with zero attached hydrogens (tertiary/aromatic N) is 1. The zero-order valence-corrected chi connectivity index (χ0v) is 19.3. The van der Waals surface area contributed by atoms with Crippen molar-refractivity contribution in [1.29, 1.82) is 0 Å². The molecule has 2 aromatic rings.